The summed E-state index contributed by atoms with van der Waals surface area (Å²) in [6, 6.07) is 0. The van der Waals surface area contributed by atoms with Crippen molar-refractivity contribution in [3.63, 3.8) is 0 Å². The molecule has 6 nitrogen and oxygen atoms in total. The third kappa shape index (κ3) is 21.1. The number of carbonyl (C=O) groups is 2. The van der Waals surface area contributed by atoms with Crippen LogP contribution in [0.15, 0.2) is 5.16 Å². The fourth-order valence-corrected chi connectivity index (χ4v) is 3.80. The Kier molecular flexibility index (Phi) is 14.0. The summed E-state index contributed by atoms with van der Waals surface area (Å²) in [7, 11) is 1.53. The van der Waals surface area contributed by atoms with E-state index in [4.69, 9.17) is 0 Å². The molecule has 2 heterocycles. The van der Waals surface area contributed by atoms with Gasteiger partial charge in [-0.05, 0) is 55.4 Å². The number of carbonyl (C=O) groups excluding carboxylic acids is 2. The van der Waals surface area contributed by atoms with Gasteiger partial charge in [-0.15, -0.1) is 23.5 Å². The molecule has 0 aromatic rings. The summed E-state index contributed by atoms with van der Waals surface area (Å²) in [5.41, 5.74) is 0.536. The van der Waals surface area contributed by atoms with Crippen LogP contribution in [-0.2, 0) is 19.1 Å². The largest absolute Gasteiger partial charge is 0.509 e. The van der Waals surface area contributed by atoms with E-state index in [-0.39, 0.29) is 5.78 Å². The molecule has 0 aliphatic carbocycles. The summed E-state index contributed by atoms with van der Waals surface area (Å²) < 4.78 is 9.72. The van der Waals surface area contributed by atoms with E-state index in [0.29, 0.717) is 10.7 Å². The molecule has 0 bridgehead atoms. The van der Waals surface area contributed by atoms with Gasteiger partial charge < -0.3 is 19.1 Å². The van der Waals surface area contributed by atoms with Crippen molar-refractivity contribution >= 4 is 41.2 Å². The molecular weight excluding hydrogens is 362 g/mol. The van der Waals surface area contributed by atoms with Crippen molar-refractivity contribution in [2.75, 3.05) is 25.2 Å². The van der Waals surface area contributed by atoms with E-state index in [1.807, 2.05) is 13.8 Å². The van der Waals surface area contributed by atoms with E-state index >= 15 is 0 Å². The Morgan fingerprint density at radius 1 is 1.08 bits per heavy atom. The van der Waals surface area contributed by atoms with Crippen LogP contribution in [0.3, 0.4) is 0 Å². The lowest BCUT2D eigenvalue weighted by molar-refractivity contribution is -0.115. The number of Topliss-reactive ketones (excluding diaryl/α,β-unsaturated/α-hetero) is 1. The second-order valence-electron chi connectivity index (χ2n) is 6.63. The number of ether oxygens (including phenoxy) is 2. The second kappa shape index (κ2) is 13.3. The normalized spacial score (nSPS) is 18.5. The van der Waals surface area contributed by atoms with Gasteiger partial charge in [-0.3, -0.25) is 0 Å². The van der Waals surface area contributed by atoms with Crippen molar-refractivity contribution in [2.45, 2.75) is 65.1 Å². The van der Waals surface area contributed by atoms with Gasteiger partial charge in [-0.25, -0.2) is 4.79 Å². The predicted molar refractivity (Wildman–Crippen MR) is 108 cm³/mol. The van der Waals surface area contributed by atoms with Crippen molar-refractivity contribution in [1.29, 1.82) is 0 Å². The first kappa shape index (κ1) is 26.3. The Balaban J connectivity index is 0. The Hall–Kier alpha value is -0.890. The number of cyclic esters (lactones) is 2. The summed E-state index contributed by atoms with van der Waals surface area (Å²) in [4.78, 5) is 24.0. The molecule has 8 heteroatoms. The first-order valence-electron chi connectivity index (χ1n) is 7.96. The van der Waals surface area contributed by atoms with Crippen molar-refractivity contribution in [3.8, 4) is 0 Å². The van der Waals surface area contributed by atoms with Crippen LogP contribution in [-0.4, -0.2) is 52.6 Å². The number of rotatable bonds is 1. The molecule has 0 saturated carbocycles. The molecule has 148 valence electrons. The first-order chi connectivity index (χ1) is 11.3. The maximum absolute atomic E-state index is 10.2. The van der Waals surface area contributed by atoms with Gasteiger partial charge in [-0.2, -0.15) is 0 Å². The highest BCUT2D eigenvalue weighted by molar-refractivity contribution is 8.21. The molecule has 0 unspecified atom stereocenters. The van der Waals surface area contributed by atoms with Crippen LogP contribution in [0.5, 0.6) is 0 Å². The van der Waals surface area contributed by atoms with E-state index in [2.05, 4.69) is 56.8 Å². The number of oxime groups is 1. The van der Waals surface area contributed by atoms with E-state index < -0.39 is 11.8 Å². The molecule has 25 heavy (non-hydrogen) atoms. The van der Waals surface area contributed by atoms with E-state index in [0.717, 1.165) is 5.71 Å². The van der Waals surface area contributed by atoms with E-state index in [9.17, 15) is 9.59 Å². The minimum Gasteiger partial charge on any atom is -0.430 e. The summed E-state index contributed by atoms with van der Waals surface area (Å²) in [5.74, 6) is 2.86. The Bertz CT molecular complexity index is 421. The molecule has 0 amide bonds. The lowest BCUT2D eigenvalue weighted by Crippen LogP contribution is -2.21. The minimum atomic E-state index is -0.560. The van der Waals surface area contributed by atoms with Gasteiger partial charge in [0.15, 0.2) is 0 Å². The average Bonchev–Trinajstić information content (AvgIpc) is 2.94. The Labute approximate surface area is 160 Å². The van der Waals surface area contributed by atoms with Gasteiger partial charge in [-0.1, -0.05) is 5.16 Å². The topological polar surface area (TPSA) is 74.2 Å². The first-order valence-corrected chi connectivity index (χ1v) is 9.93. The summed E-state index contributed by atoms with van der Waals surface area (Å²) in [6.07, 6.45) is -0.560. The Morgan fingerprint density at radius 2 is 1.52 bits per heavy atom. The molecule has 2 aliphatic rings. The molecule has 0 spiro atoms. The van der Waals surface area contributed by atoms with Gasteiger partial charge in [0.1, 0.15) is 25.1 Å². The lowest BCUT2D eigenvalue weighted by atomic mass is 10.2. The highest BCUT2D eigenvalue weighted by Gasteiger charge is 2.32. The average molecular weight is 396 g/mol. The van der Waals surface area contributed by atoms with E-state index in [1.54, 1.807) is 13.8 Å². The van der Waals surface area contributed by atoms with Crippen LogP contribution in [0.2, 0.25) is 0 Å². The zero-order chi connectivity index (χ0) is 20.1. The van der Waals surface area contributed by atoms with Crippen LogP contribution in [0.4, 0.5) is 4.79 Å². The van der Waals surface area contributed by atoms with Gasteiger partial charge >= 0.3 is 6.16 Å². The molecule has 2 aliphatic heterocycles. The number of nitrogens with zero attached hydrogens (tertiary/aromatic N) is 1. The molecule has 2 rings (SSSR count). The number of hydrogen-bond donors (Lipinski definition) is 0. The van der Waals surface area contributed by atoms with Gasteiger partial charge in [0.05, 0.1) is 9.79 Å². The fourth-order valence-electron chi connectivity index (χ4n) is 1.32. The zero-order valence-corrected chi connectivity index (χ0v) is 18.6. The summed E-state index contributed by atoms with van der Waals surface area (Å²) in [5, 5.41) is 3.54. The molecule has 2 fully saturated rings. The third-order valence-electron chi connectivity index (χ3n) is 2.15. The van der Waals surface area contributed by atoms with Crippen LogP contribution in [0.25, 0.3) is 0 Å². The number of hydrogen-bond acceptors (Lipinski definition) is 8. The maximum Gasteiger partial charge on any atom is 0.509 e. The van der Waals surface area contributed by atoms with Crippen LogP contribution in [0.1, 0.15) is 55.4 Å². The zero-order valence-electron chi connectivity index (χ0n) is 16.9. The third-order valence-corrected chi connectivity index (χ3v) is 5.33. The maximum atomic E-state index is 10.2. The van der Waals surface area contributed by atoms with Crippen molar-refractivity contribution in [3.05, 3.63) is 0 Å². The smallest absolute Gasteiger partial charge is 0.430 e. The van der Waals surface area contributed by atoms with Gasteiger partial charge in [0.25, 0.3) is 0 Å². The second-order valence-corrected chi connectivity index (χ2v) is 10.3. The van der Waals surface area contributed by atoms with Crippen LogP contribution in [0, 0.1) is 0 Å². The predicted octanol–water partition coefficient (Wildman–Crippen LogP) is 4.76. The molecule has 0 N–H and O–H groups in total. The molecule has 2 saturated heterocycles. The van der Waals surface area contributed by atoms with Crippen LogP contribution >= 0.6 is 23.5 Å². The quantitative estimate of drug-likeness (QED) is 0.360. The van der Waals surface area contributed by atoms with Crippen molar-refractivity contribution in [1.82, 2.24) is 0 Å². The number of ketones is 1. The minimum absolute atomic E-state index is 0.167. The summed E-state index contributed by atoms with van der Waals surface area (Å²) in [6.45, 7) is 15.4. The number of thioether (sulfide) groups is 2. The van der Waals surface area contributed by atoms with Crippen LogP contribution < -0.4 is 0 Å². The molecule has 0 radical (unpaired) electrons. The lowest BCUT2D eigenvalue weighted by Gasteiger charge is -2.12. The summed E-state index contributed by atoms with van der Waals surface area (Å²) >= 11 is 4.12. The van der Waals surface area contributed by atoms with Crippen molar-refractivity contribution < 1.29 is 23.9 Å². The molecule has 0 atom stereocenters. The SMILES string of the molecule is CC(C)=O.CC1(C)COC(=O)O1.CC1(C)SCCS1.CON=C(C)C. The molecule has 0 aromatic carbocycles. The Morgan fingerprint density at radius 3 is 1.60 bits per heavy atom. The monoisotopic (exact) mass is 395 g/mol. The molecule has 0 aromatic heterocycles. The fraction of sp³-hybridized carbons (Fsp3) is 0.824. The highest BCUT2D eigenvalue weighted by atomic mass is 32.2. The van der Waals surface area contributed by atoms with Gasteiger partial charge in [0, 0.05) is 11.5 Å². The molecular formula is C17H33NO5S2. The van der Waals surface area contributed by atoms with E-state index in [1.165, 1.54) is 32.5 Å². The standard InChI is InChI=1S/C5H8O3.C5H10S2.C4H9NO.C3H6O/c1-5(2)3-7-4(6)8-5;1-5(2)6-3-4-7-5;1-4(2)5-6-3;1-3(2)4/h3H2,1-2H3;3-4H2,1-2H3;1-3H3;1-2H3. The van der Waals surface area contributed by atoms with Crippen molar-refractivity contribution in [2.24, 2.45) is 5.16 Å². The highest BCUT2D eigenvalue weighted by Crippen LogP contribution is 2.42. The van der Waals surface area contributed by atoms with Gasteiger partial charge in [0.2, 0.25) is 0 Å².